The summed E-state index contributed by atoms with van der Waals surface area (Å²) < 4.78 is 0. The molecule has 1 aromatic carbocycles. The molecule has 0 aromatic heterocycles. The number of hydrogen-bond acceptors (Lipinski definition) is 2. The van der Waals surface area contributed by atoms with Crippen molar-refractivity contribution in [2.45, 2.75) is 63.5 Å². The lowest BCUT2D eigenvalue weighted by molar-refractivity contribution is -0.121. The molecule has 0 bridgehead atoms. The van der Waals surface area contributed by atoms with E-state index in [2.05, 4.69) is 54.6 Å². The lowest BCUT2D eigenvalue weighted by Crippen LogP contribution is -2.50. The third-order valence-corrected chi connectivity index (χ3v) is 5.27. The van der Waals surface area contributed by atoms with Crippen molar-refractivity contribution in [1.29, 1.82) is 0 Å². The molecule has 1 aliphatic rings. The Labute approximate surface area is 135 Å². The molecule has 3 nitrogen and oxygen atoms in total. The van der Waals surface area contributed by atoms with Crippen LogP contribution in [0.4, 0.5) is 0 Å². The van der Waals surface area contributed by atoms with Crippen LogP contribution in [0.5, 0.6) is 0 Å². The summed E-state index contributed by atoms with van der Waals surface area (Å²) in [6.45, 7) is 1.92. The molecule has 1 saturated carbocycles. The number of hydrogen-bond donors (Lipinski definition) is 1. The van der Waals surface area contributed by atoms with Gasteiger partial charge in [-0.15, -0.1) is 0 Å². The summed E-state index contributed by atoms with van der Waals surface area (Å²) in [4.78, 5) is 14.0. The van der Waals surface area contributed by atoms with Gasteiger partial charge in [0.2, 0.25) is 5.91 Å². The first-order valence-corrected chi connectivity index (χ1v) is 8.56. The summed E-state index contributed by atoms with van der Waals surface area (Å²) in [6.07, 6.45) is 7.44. The van der Waals surface area contributed by atoms with Crippen molar-refractivity contribution in [3.8, 4) is 0 Å². The molecule has 0 aliphatic heterocycles. The van der Waals surface area contributed by atoms with Crippen LogP contribution in [0, 0.1) is 0 Å². The quantitative estimate of drug-likeness (QED) is 0.873. The molecule has 22 heavy (non-hydrogen) atoms. The molecule has 2 rings (SSSR count). The first-order chi connectivity index (χ1) is 10.6. The first kappa shape index (κ1) is 17.0. The van der Waals surface area contributed by atoms with E-state index >= 15 is 0 Å². The largest absolute Gasteiger partial charge is 0.353 e. The molecule has 0 radical (unpaired) electrons. The predicted molar refractivity (Wildman–Crippen MR) is 91.9 cm³/mol. The van der Waals surface area contributed by atoms with Crippen molar-refractivity contribution < 1.29 is 4.79 Å². The van der Waals surface area contributed by atoms with Gasteiger partial charge in [0.05, 0.1) is 0 Å². The van der Waals surface area contributed by atoms with E-state index in [9.17, 15) is 4.79 Å². The van der Waals surface area contributed by atoms with Gasteiger partial charge in [0, 0.05) is 18.0 Å². The standard InChI is InChI=1S/C19H30N2O/c1-4-18(22)20-17-11-14-19(15-12-17,21(2)3)13-10-16-8-6-5-7-9-16/h5-9,17H,4,10-15H2,1-3H3,(H,20,22). The Morgan fingerprint density at radius 3 is 2.41 bits per heavy atom. The Kier molecular flexibility index (Phi) is 6.01. The van der Waals surface area contributed by atoms with E-state index in [1.54, 1.807) is 0 Å². The van der Waals surface area contributed by atoms with Crippen LogP contribution in [0.15, 0.2) is 30.3 Å². The second-order valence-electron chi connectivity index (χ2n) is 6.80. The van der Waals surface area contributed by atoms with E-state index < -0.39 is 0 Å². The van der Waals surface area contributed by atoms with Gasteiger partial charge in [-0.2, -0.15) is 0 Å². The zero-order chi connectivity index (χ0) is 16.0. The van der Waals surface area contributed by atoms with Crippen LogP contribution < -0.4 is 5.32 Å². The fourth-order valence-electron chi connectivity index (χ4n) is 3.57. The maximum absolute atomic E-state index is 11.6. The second-order valence-corrected chi connectivity index (χ2v) is 6.80. The Balaban J connectivity index is 1.92. The lowest BCUT2D eigenvalue weighted by Gasteiger charge is -2.45. The molecule has 1 aliphatic carbocycles. The minimum atomic E-state index is 0.187. The average Bonchev–Trinajstić information content (AvgIpc) is 2.55. The highest BCUT2D eigenvalue weighted by Gasteiger charge is 2.36. The topological polar surface area (TPSA) is 32.3 Å². The fourth-order valence-corrected chi connectivity index (χ4v) is 3.57. The number of rotatable bonds is 6. The van der Waals surface area contributed by atoms with Crippen LogP contribution in [0.1, 0.15) is 51.0 Å². The van der Waals surface area contributed by atoms with Gasteiger partial charge in [-0.1, -0.05) is 37.3 Å². The smallest absolute Gasteiger partial charge is 0.219 e. The molecule has 122 valence electrons. The zero-order valence-corrected chi connectivity index (χ0v) is 14.3. The van der Waals surface area contributed by atoms with Crippen LogP contribution in [0.2, 0.25) is 0 Å². The Hall–Kier alpha value is -1.35. The molecule has 0 spiro atoms. The van der Waals surface area contributed by atoms with Gasteiger partial charge in [0.25, 0.3) is 0 Å². The number of benzene rings is 1. The highest BCUT2D eigenvalue weighted by molar-refractivity contribution is 5.75. The van der Waals surface area contributed by atoms with Crippen LogP contribution in [-0.2, 0) is 11.2 Å². The van der Waals surface area contributed by atoms with Crippen molar-refractivity contribution in [1.82, 2.24) is 10.2 Å². The van der Waals surface area contributed by atoms with Crippen molar-refractivity contribution in [2.75, 3.05) is 14.1 Å². The lowest BCUT2D eigenvalue weighted by atomic mass is 9.75. The molecule has 0 heterocycles. The third kappa shape index (κ3) is 4.33. The molecular formula is C19H30N2O. The van der Waals surface area contributed by atoms with Gasteiger partial charge in [-0.3, -0.25) is 4.79 Å². The Bertz CT molecular complexity index is 462. The summed E-state index contributed by atoms with van der Waals surface area (Å²) >= 11 is 0. The molecule has 3 heteroatoms. The Morgan fingerprint density at radius 2 is 1.86 bits per heavy atom. The molecule has 0 unspecified atom stereocenters. The highest BCUT2D eigenvalue weighted by atomic mass is 16.1. The van der Waals surface area contributed by atoms with Crippen LogP contribution >= 0.6 is 0 Å². The van der Waals surface area contributed by atoms with Crippen LogP contribution in [0.3, 0.4) is 0 Å². The maximum Gasteiger partial charge on any atom is 0.219 e. The van der Waals surface area contributed by atoms with E-state index in [1.165, 1.54) is 24.8 Å². The summed E-state index contributed by atoms with van der Waals surface area (Å²) in [5, 5.41) is 3.16. The monoisotopic (exact) mass is 302 g/mol. The number of carbonyl (C=O) groups is 1. The number of amides is 1. The van der Waals surface area contributed by atoms with Gasteiger partial charge < -0.3 is 10.2 Å². The second kappa shape index (κ2) is 7.77. The number of nitrogens with one attached hydrogen (secondary N) is 1. The molecule has 1 fully saturated rings. The van der Waals surface area contributed by atoms with E-state index in [0.717, 1.165) is 19.3 Å². The number of nitrogens with zero attached hydrogens (tertiary/aromatic N) is 1. The predicted octanol–water partition coefficient (Wildman–Crippen LogP) is 3.39. The molecule has 1 amide bonds. The summed E-state index contributed by atoms with van der Waals surface area (Å²) in [5.41, 5.74) is 1.70. The maximum atomic E-state index is 11.6. The van der Waals surface area contributed by atoms with E-state index in [1.807, 2.05) is 6.92 Å². The summed E-state index contributed by atoms with van der Waals surface area (Å²) in [6, 6.07) is 11.1. The third-order valence-electron chi connectivity index (χ3n) is 5.27. The van der Waals surface area contributed by atoms with Crippen molar-refractivity contribution >= 4 is 5.91 Å². The van der Waals surface area contributed by atoms with E-state index in [0.29, 0.717) is 12.5 Å². The fraction of sp³-hybridized carbons (Fsp3) is 0.632. The van der Waals surface area contributed by atoms with Gasteiger partial charge in [0.15, 0.2) is 0 Å². The zero-order valence-electron chi connectivity index (χ0n) is 14.3. The normalized spacial score (nSPS) is 25.2. The van der Waals surface area contributed by atoms with Gasteiger partial charge in [-0.25, -0.2) is 0 Å². The van der Waals surface area contributed by atoms with Crippen LogP contribution in [-0.4, -0.2) is 36.5 Å². The number of aryl methyl sites for hydroxylation is 1. The molecule has 1 N–H and O–H groups in total. The summed E-state index contributed by atoms with van der Waals surface area (Å²) in [5.74, 6) is 0.187. The van der Waals surface area contributed by atoms with Gasteiger partial charge in [0.1, 0.15) is 0 Å². The van der Waals surface area contributed by atoms with Gasteiger partial charge >= 0.3 is 0 Å². The van der Waals surface area contributed by atoms with Crippen molar-refractivity contribution in [3.05, 3.63) is 35.9 Å². The molecule has 0 saturated heterocycles. The van der Waals surface area contributed by atoms with E-state index in [-0.39, 0.29) is 11.4 Å². The molecule has 1 aromatic rings. The van der Waals surface area contributed by atoms with Crippen molar-refractivity contribution in [2.24, 2.45) is 0 Å². The summed E-state index contributed by atoms with van der Waals surface area (Å²) in [7, 11) is 4.41. The SMILES string of the molecule is CCC(=O)NC1CCC(CCc2ccccc2)(N(C)C)CC1. The minimum Gasteiger partial charge on any atom is -0.353 e. The van der Waals surface area contributed by atoms with Crippen molar-refractivity contribution in [3.63, 3.8) is 0 Å². The Morgan fingerprint density at radius 1 is 1.23 bits per heavy atom. The average molecular weight is 302 g/mol. The van der Waals surface area contributed by atoms with Gasteiger partial charge in [-0.05, 0) is 58.2 Å². The molecule has 0 atom stereocenters. The highest BCUT2D eigenvalue weighted by Crippen LogP contribution is 2.36. The van der Waals surface area contributed by atoms with Crippen LogP contribution in [0.25, 0.3) is 0 Å². The first-order valence-electron chi connectivity index (χ1n) is 8.56. The van der Waals surface area contributed by atoms with E-state index in [4.69, 9.17) is 0 Å². The number of carbonyl (C=O) groups excluding carboxylic acids is 1. The molecular weight excluding hydrogens is 272 g/mol. The minimum absolute atomic E-state index is 0.187.